The number of pyridine rings is 1. The van der Waals surface area contributed by atoms with Gasteiger partial charge >= 0.3 is 11.9 Å². The molecule has 0 saturated carbocycles. The molecule has 1 N–H and O–H groups in total. The van der Waals surface area contributed by atoms with Crippen LogP contribution in [0.1, 0.15) is 42.4 Å². The first-order valence-corrected chi connectivity index (χ1v) is 12.1. The van der Waals surface area contributed by atoms with Gasteiger partial charge in [0.05, 0.1) is 7.11 Å². The Morgan fingerprint density at radius 3 is 1.97 bits per heavy atom. The summed E-state index contributed by atoms with van der Waals surface area (Å²) in [6, 6.07) is 20.6. The number of methoxy groups -OCH3 is 1. The summed E-state index contributed by atoms with van der Waals surface area (Å²) in [7, 11) is 1.38. The van der Waals surface area contributed by atoms with Crippen molar-refractivity contribution in [1.29, 1.82) is 0 Å². The second kappa shape index (κ2) is 13.2. The number of ether oxygens (including phenoxy) is 3. The van der Waals surface area contributed by atoms with Crippen LogP contribution in [0.15, 0.2) is 72.9 Å². The van der Waals surface area contributed by atoms with Crippen LogP contribution in [0, 0.1) is 5.92 Å². The van der Waals surface area contributed by atoms with Gasteiger partial charge in [0, 0.05) is 25.1 Å². The summed E-state index contributed by atoms with van der Waals surface area (Å²) in [5.41, 5.74) is 2.12. The number of carbonyl (C=O) groups excluding carboxylic acids is 3. The van der Waals surface area contributed by atoms with Crippen LogP contribution < -0.4 is 14.8 Å². The minimum Gasteiger partial charge on any atom is -0.493 e. The van der Waals surface area contributed by atoms with E-state index >= 15 is 0 Å². The molecular weight excluding hydrogens is 472 g/mol. The Balaban J connectivity index is 1.70. The third-order valence-corrected chi connectivity index (χ3v) is 5.90. The van der Waals surface area contributed by atoms with Gasteiger partial charge in [-0.15, -0.1) is 0 Å². The second-order valence-electron chi connectivity index (χ2n) is 8.76. The van der Waals surface area contributed by atoms with Crippen LogP contribution in [0.25, 0.3) is 0 Å². The van der Waals surface area contributed by atoms with Crippen molar-refractivity contribution >= 4 is 17.8 Å². The fourth-order valence-corrected chi connectivity index (χ4v) is 3.94. The van der Waals surface area contributed by atoms with Gasteiger partial charge in [-0.3, -0.25) is 9.59 Å². The highest BCUT2D eigenvalue weighted by molar-refractivity contribution is 5.98. The third-order valence-electron chi connectivity index (χ3n) is 5.90. The molecule has 1 aromatic heterocycles. The van der Waals surface area contributed by atoms with Gasteiger partial charge in [-0.05, 0) is 37.8 Å². The van der Waals surface area contributed by atoms with Gasteiger partial charge in [0.2, 0.25) is 5.75 Å². The SMILES string of the molecule is COc1ccnc(C(=O)N[C@@H](C)C(=O)OC(C)C(Cc2ccccc2)Cc2ccccc2)c1OC(C)=O. The van der Waals surface area contributed by atoms with Gasteiger partial charge in [0.1, 0.15) is 12.1 Å². The van der Waals surface area contributed by atoms with Crippen molar-refractivity contribution in [2.45, 2.75) is 45.8 Å². The molecule has 3 rings (SSSR count). The van der Waals surface area contributed by atoms with Crippen LogP contribution in [0.4, 0.5) is 0 Å². The van der Waals surface area contributed by atoms with Crippen molar-refractivity contribution in [3.05, 3.63) is 89.7 Å². The summed E-state index contributed by atoms with van der Waals surface area (Å²) in [6.45, 7) is 4.60. The topological polar surface area (TPSA) is 104 Å². The molecule has 3 aromatic rings. The van der Waals surface area contributed by atoms with Gasteiger partial charge < -0.3 is 19.5 Å². The van der Waals surface area contributed by atoms with Gasteiger partial charge in [-0.1, -0.05) is 60.7 Å². The van der Waals surface area contributed by atoms with Crippen LogP contribution >= 0.6 is 0 Å². The molecule has 194 valence electrons. The Hall–Kier alpha value is -4.20. The van der Waals surface area contributed by atoms with E-state index in [1.54, 1.807) is 0 Å². The number of carbonyl (C=O) groups is 3. The van der Waals surface area contributed by atoms with Crippen molar-refractivity contribution in [3.8, 4) is 11.5 Å². The van der Waals surface area contributed by atoms with Gasteiger partial charge in [-0.2, -0.15) is 0 Å². The molecule has 2 atom stereocenters. The summed E-state index contributed by atoms with van der Waals surface area (Å²) in [5.74, 6) is -1.84. The smallest absolute Gasteiger partial charge is 0.328 e. The molecule has 1 amide bonds. The minimum atomic E-state index is -0.970. The van der Waals surface area contributed by atoms with E-state index < -0.39 is 30.0 Å². The predicted molar refractivity (Wildman–Crippen MR) is 138 cm³/mol. The molecule has 1 heterocycles. The number of nitrogens with zero attached hydrogens (tertiary/aromatic N) is 1. The number of hydrogen-bond donors (Lipinski definition) is 1. The third kappa shape index (κ3) is 7.90. The molecule has 0 spiro atoms. The summed E-state index contributed by atoms with van der Waals surface area (Å²) in [5, 5.41) is 2.58. The highest BCUT2D eigenvalue weighted by Crippen LogP contribution is 2.29. The van der Waals surface area contributed by atoms with Crippen molar-refractivity contribution in [3.63, 3.8) is 0 Å². The molecule has 1 unspecified atom stereocenters. The average molecular weight is 505 g/mol. The number of esters is 2. The van der Waals surface area contributed by atoms with Crippen LogP contribution in [0.5, 0.6) is 11.5 Å². The number of hydrogen-bond acceptors (Lipinski definition) is 7. The number of benzene rings is 2. The van der Waals surface area contributed by atoms with E-state index in [1.165, 1.54) is 33.2 Å². The van der Waals surface area contributed by atoms with E-state index in [-0.39, 0.29) is 23.1 Å². The molecule has 0 radical (unpaired) electrons. The van der Waals surface area contributed by atoms with Crippen molar-refractivity contribution in [2.24, 2.45) is 5.92 Å². The number of nitrogens with one attached hydrogen (secondary N) is 1. The molecular formula is C29H32N2O6. The van der Waals surface area contributed by atoms with E-state index in [9.17, 15) is 14.4 Å². The van der Waals surface area contributed by atoms with Crippen LogP contribution in [0.3, 0.4) is 0 Å². The highest BCUT2D eigenvalue weighted by Gasteiger charge is 2.28. The zero-order valence-corrected chi connectivity index (χ0v) is 21.5. The summed E-state index contributed by atoms with van der Waals surface area (Å²) in [6.07, 6.45) is 2.39. The van der Waals surface area contributed by atoms with Crippen LogP contribution in [-0.4, -0.2) is 42.1 Å². The molecule has 37 heavy (non-hydrogen) atoms. The zero-order valence-electron chi connectivity index (χ0n) is 21.5. The number of rotatable bonds is 11. The molecule has 8 nitrogen and oxygen atoms in total. The largest absolute Gasteiger partial charge is 0.493 e. The Kier molecular flexibility index (Phi) is 9.77. The average Bonchev–Trinajstić information content (AvgIpc) is 2.89. The van der Waals surface area contributed by atoms with Crippen LogP contribution in [0.2, 0.25) is 0 Å². The molecule has 0 aliphatic heterocycles. The maximum atomic E-state index is 12.9. The van der Waals surface area contributed by atoms with E-state index in [0.717, 1.165) is 24.0 Å². The van der Waals surface area contributed by atoms with Crippen molar-refractivity contribution < 1.29 is 28.6 Å². The molecule has 0 aliphatic rings. The zero-order chi connectivity index (χ0) is 26.8. The van der Waals surface area contributed by atoms with Gasteiger partial charge in [0.15, 0.2) is 11.4 Å². The lowest BCUT2D eigenvalue weighted by Crippen LogP contribution is -2.42. The van der Waals surface area contributed by atoms with Crippen LogP contribution in [-0.2, 0) is 27.2 Å². The summed E-state index contributed by atoms with van der Waals surface area (Å²) >= 11 is 0. The maximum Gasteiger partial charge on any atom is 0.328 e. The molecule has 2 aromatic carbocycles. The molecule has 0 bridgehead atoms. The first kappa shape index (κ1) is 27.4. The van der Waals surface area contributed by atoms with E-state index in [2.05, 4.69) is 34.6 Å². The monoisotopic (exact) mass is 504 g/mol. The minimum absolute atomic E-state index is 0.0206. The summed E-state index contributed by atoms with van der Waals surface area (Å²) in [4.78, 5) is 41.4. The van der Waals surface area contributed by atoms with Gasteiger partial charge in [-0.25, -0.2) is 9.78 Å². The lowest BCUT2D eigenvalue weighted by atomic mass is 9.88. The lowest BCUT2D eigenvalue weighted by molar-refractivity contribution is -0.152. The molecule has 0 saturated heterocycles. The summed E-state index contributed by atoms with van der Waals surface area (Å²) < 4.78 is 16.1. The van der Waals surface area contributed by atoms with E-state index in [0.29, 0.717) is 0 Å². The van der Waals surface area contributed by atoms with Crippen molar-refractivity contribution in [2.75, 3.05) is 7.11 Å². The van der Waals surface area contributed by atoms with Gasteiger partial charge in [0.25, 0.3) is 5.91 Å². The standard InChI is InChI=1S/C29H32N2O6/c1-19(31-28(33)26-27(37-21(3)32)25(35-4)15-16-30-26)29(34)36-20(2)24(17-22-11-7-5-8-12-22)18-23-13-9-6-10-14-23/h5-16,19-20,24H,17-18H2,1-4H3,(H,31,33)/t19-,20?/m0/s1. The molecule has 0 fully saturated rings. The lowest BCUT2D eigenvalue weighted by Gasteiger charge is -2.26. The fourth-order valence-electron chi connectivity index (χ4n) is 3.94. The maximum absolute atomic E-state index is 12.9. The predicted octanol–water partition coefficient (Wildman–Crippen LogP) is 4.17. The number of amides is 1. The van der Waals surface area contributed by atoms with Crippen molar-refractivity contribution in [1.82, 2.24) is 10.3 Å². The Labute approximate surface area is 217 Å². The fraction of sp³-hybridized carbons (Fsp3) is 0.310. The molecule has 0 aliphatic carbocycles. The van der Waals surface area contributed by atoms with E-state index in [4.69, 9.17) is 14.2 Å². The molecule has 8 heteroatoms. The Bertz CT molecular complexity index is 1160. The first-order valence-electron chi connectivity index (χ1n) is 12.1. The van der Waals surface area contributed by atoms with E-state index in [1.807, 2.05) is 43.3 Å². The first-order chi connectivity index (χ1) is 17.8. The normalized spacial score (nSPS) is 12.4. The Morgan fingerprint density at radius 2 is 1.46 bits per heavy atom. The Morgan fingerprint density at radius 1 is 0.892 bits per heavy atom. The highest BCUT2D eigenvalue weighted by atomic mass is 16.6. The number of aromatic nitrogens is 1. The second-order valence-corrected chi connectivity index (χ2v) is 8.76. The quantitative estimate of drug-likeness (QED) is 0.391.